The zero-order valence-corrected chi connectivity index (χ0v) is 14.3. The summed E-state index contributed by atoms with van der Waals surface area (Å²) in [5.41, 5.74) is 0.555. The van der Waals surface area contributed by atoms with E-state index in [1.165, 1.54) is 27.1 Å². The molecular formula is C16H25ClN2O3. The number of benzene rings is 1. The molecule has 2 N–H and O–H groups in total. The first-order valence-electron chi connectivity index (χ1n) is 7.54. The van der Waals surface area contributed by atoms with Crippen LogP contribution in [0.3, 0.4) is 0 Å². The van der Waals surface area contributed by atoms with Crippen LogP contribution in [0.2, 0.25) is 5.02 Å². The summed E-state index contributed by atoms with van der Waals surface area (Å²) in [6.45, 7) is 3.77. The van der Waals surface area contributed by atoms with Crippen molar-refractivity contribution in [2.75, 3.05) is 32.6 Å². The standard InChI is InChI=1S/C16H25ClN2O3/c1-4-5-6-8-18-9-7-16(20)19-13-11-14(21-2)12(17)10-15(13)22-3/h10-11,18H,4-9H2,1-3H3,(H,19,20). The molecule has 1 amide bonds. The summed E-state index contributed by atoms with van der Waals surface area (Å²) in [6.07, 6.45) is 3.95. The fourth-order valence-electron chi connectivity index (χ4n) is 2.00. The van der Waals surface area contributed by atoms with Crippen molar-refractivity contribution in [1.82, 2.24) is 5.32 Å². The molecule has 0 aromatic heterocycles. The van der Waals surface area contributed by atoms with Crippen molar-refractivity contribution in [2.45, 2.75) is 32.6 Å². The molecule has 0 heterocycles. The molecule has 22 heavy (non-hydrogen) atoms. The van der Waals surface area contributed by atoms with E-state index in [4.69, 9.17) is 21.1 Å². The number of rotatable bonds is 10. The molecule has 0 bridgehead atoms. The number of methoxy groups -OCH3 is 2. The van der Waals surface area contributed by atoms with E-state index in [1.807, 2.05) is 0 Å². The van der Waals surface area contributed by atoms with Gasteiger partial charge in [-0.15, -0.1) is 0 Å². The first-order valence-corrected chi connectivity index (χ1v) is 7.92. The average molecular weight is 329 g/mol. The Morgan fingerprint density at radius 1 is 1.14 bits per heavy atom. The number of nitrogens with one attached hydrogen (secondary N) is 2. The molecule has 0 aliphatic heterocycles. The maximum Gasteiger partial charge on any atom is 0.225 e. The third-order valence-electron chi connectivity index (χ3n) is 3.23. The van der Waals surface area contributed by atoms with Crippen LogP contribution in [0.5, 0.6) is 11.5 Å². The van der Waals surface area contributed by atoms with Gasteiger partial charge in [0.1, 0.15) is 11.5 Å². The molecule has 1 aromatic carbocycles. The minimum atomic E-state index is -0.0781. The lowest BCUT2D eigenvalue weighted by molar-refractivity contribution is -0.116. The molecule has 0 aliphatic carbocycles. The van der Waals surface area contributed by atoms with Gasteiger partial charge in [-0.25, -0.2) is 0 Å². The number of ether oxygens (including phenoxy) is 2. The third kappa shape index (κ3) is 6.12. The summed E-state index contributed by atoms with van der Waals surface area (Å²) < 4.78 is 10.4. The van der Waals surface area contributed by atoms with Crippen LogP contribution in [0.15, 0.2) is 12.1 Å². The van der Waals surface area contributed by atoms with Gasteiger partial charge in [0.25, 0.3) is 0 Å². The Bertz CT molecular complexity index is 481. The van der Waals surface area contributed by atoms with E-state index in [0.29, 0.717) is 35.2 Å². The van der Waals surface area contributed by atoms with E-state index in [2.05, 4.69) is 17.6 Å². The molecule has 0 aliphatic rings. The third-order valence-corrected chi connectivity index (χ3v) is 3.53. The number of anilines is 1. The van der Waals surface area contributed by atoms with Crippen molar-refractivity contribution in [3.05, 3.63) is 17.2 Å². The van der Waals surface area contributed by atoms with Crippen LogP contribution in [0.1, 0.15) is 32.6 Å². The van der Waals surface area contributed by atoms with Gasteiger partial charge < -0.3 is 20.1 Å². The maximum absolute atomic E-state index is 12.0. The molecule has 0 radical (unpaired) electrons. The Kier molecular flexibility index (Phi) is 8.70. The molecule has 1 rings (SSSR count). The molecule has 0 spiro atoms. The van der Waals surface area contributed by atoms with Crippen LogP contribution in [0, 0.1) is 0 Å². The minimum Gasteiger partial charge on any atom is -0.495 e. The zero-order valence-electron chi connectivity index (χ0n) is 13.5. The van der Waals surface area contributed by atoms with Gasteiger partial charge in [0.05, 0.1) is 24.9 Å². The van der Waals surface area contributed by atoms with E-state index in [0.717, 1.165) is 13.0 Å². The van der Waals surface area contributed by atoms with Crippen LogP contribution in [-0.4, -0.2) is 33.2 Å². The van der Waals surface area contributed by atoms with E-state index in [9.17, 15) is 4.79 Å². The smallest absolute Gasteiger partial charge is 0.225 e. The van der Waals surface area contributed by atoms with Gasteiger partial charge in [-0.05, 0) is 13.0 Å². The van der Waals surface area contributed by atoms with Crippen molar-refractivity contribution in [2.24, 2.45) is 0 Å². The molecule has 124 valence electrons. The van der Waals surface area contributed by atoms with Crippen molar-refractivity contribution < 1.29 is 14.3 Å². The van der Waals surface area contributed by atoms with Crippen LogP contribution >= 0.6 is 11.6 Å². The summed E-state index contributed by atoms with van der Waals surface area (Å²) in [5.74, 6) is 0.927. The van der Waals surface area contributed by atoms with Gasteiger partial charge in [-0.1, -0.05) is 31.4 Å². The molecule has 0 atom stereocenters. The molecule has 0 unspecified atom stereocenters. The molecule has 1 aromatic rings. The maximum atomic E-state index is 12.0. The molecule has 0 saturated heterocycles. The summed E-state index contributed by atoms with van der Waals surface area (Å²) >= 11 is 6.03. The topological polar surface area (TPSA) is 59.6 Å². The van der Waals surface area contributed by atoms with E-state index >= 15 is 0 Å². The fourth-order valence-corrected chi connectivity index (χ4v) is 2.23. The second kappa shape index (κ2) is 10.3. The predicted molar refractivity (Wildman–Crippen MR) is 90.2 cm³/mol. The lowest BCUT2D eigenvalue weighted by Gasteiger charge is -2.13. The number of hydrogen-bond acceptors (Lipinski definition) is 4. The number of carbonyl (C=O) groups is 1. The van der Waals surface area contributed by atoms with Gasteiger partial charge in [0.15, 0.2) is 0 Å². The van der Waals surface area contributed by atoms with Crippen LogP contribution in [0.4, 0.5) is 5.69 Å². The first kappa shape index (κ1) is 18.6. The average Bonchev–Trinajstić information content (AvgIpc) is 2.52. The van der Waals surface area contributed by atoms with Gasteiger partial charge in [-0.3, -0.25) is 4.79 Å². The lowest BCUT2D eigenvalue weighted by Crippen LogP contribution is -2.22. The summed E-state index contributed by atoms with van der Waals surface area (Å²) in [5, 5.41) is 6.52. The highest BCUT2D eigenvalue weighted by molar-refractivity contribution is 6.32. The summed E-state index contributed by atoms with van der Waals surface area (Å²) in [7, 11) is 3.06. The van der Waals surface area contributed by atoms with Crippen LogP contribution < -0.4 is 20.1 Å². The number of unbranched alkanes of at least 4 members (excludes halogenated alkanes) is 2. The van der Waals surface area contributed by atoms with Crippen LogP contribution in [-0.2, 0) is 4.79 Å². The Morgan fingerprint density at radius 3 is 2.50 bits per heavy atom. The van der Waals surface area contributed by atoms with Crippen LogP contribution in [0.25, 0.3) is 0 Å². The zero-order chi connectivity index (χ0) is 16.4. The highest BCUT2D eigenvalue weighted by Crippen LogP contribution is 2.35. The largest absolute Gasteiger partial charge is 0.495 e. The van der Waals surface area contributed by atoms with E-state index < -0.39 is 0 Å². The van der Waals surface area contributed by atoms with Gasteiger partial charge in [0.2, 0.25) is 5.91 Å². The number of hydrogen-bond donors (Lipinski definition) is 2. The Hall–Kier alpha value is -1.46. The van der Waals surface area contributed by atoms with Crippen molar-refractivity contribution in [3.8, 4) is 11.5 Å². The predicted octanol–water partition coefficient (Wildman–Crippen LogP) is 3.47. The second-order valence-electron chi connectivity index (χ2n) is 4.94. The second-order valence-corrected chi connectivity index (χ2v) is 5.35. The van der Waals surface area contributed by atoms with Gasteiger partial charge in [-0.2, -0.15) is 0 Å². The highest BCUT2D eigenvalue weighted by Gasteiger charge is 2.12. The van der Waals surface area contributed by atoms with E-state index in [-0.39, 0.29) is 5.91 Å². The van der Waals surface area contributed by atoms with Gasteiger partial charge >= 0.3 is 0 Å². The number of amides is 1. The molecule has 5 nitrogen and oxygen atoms in total. The van der Waals surface area contributed by atoms with Crippen molar-refractivity contribution in [1.29, 1.82) is 0 Å². The monoisotopic (exact) mass is 328 g/mol. The Labute approximate surface area is 137 Å². The molecule has 6 heteroatoms. The van der Waals surface area contributed by atoms with Crippen molar-refractivity contribution in [3.63, 3.8) is 0 Å². The lowest BCUT2D eigenvalue weighted by atomic mass is 10.2. The van der Waals surface area contributed by atoms with E-state index in [1.54, 1.807) is 12.1 Å². The molecule has 0 saturated carbocycles. The Morgan fingerprint density at radius 2 is 1.86 bits per heavy atom. The fraction of sp³-hybridized carbons (Fsp3) is 0.562. The highest BCUT2D eigenvalue weighted by atomic mass is 35.5. The summed E-state index contributed by atoms with van der Waals surface area (Å²) in [4.78, 5) is 12.0. The Balaban J connectivity index is 2.49. The molecule has 0 fully saturated rings. The summed E-state index contributed by atoms with van der Waals surface area (Å²) in [6, 6.07) is 3.28. The van der Waals surface area contributed by atoms with Gasteiger partial charge in [0, 0.05) is 25.1 Å². The minimum absolute atomic E-state index is 0.0781. The number of carbonyl (C=O) groups excluding carboxylic acids is 1. The number of halogens is 1. The quantitative estimate of drug-likeness (QED) is 0.646. The normalized spacial score (nSPS) is 10.4. The first-order chi connectivity index (χ1) is 10.6. The molecular weight excluding hydrogens is 304 g/mol. The van der Waals surface area contributed by atoms with Crippen molar-refractivity contribution >= 4 is 23.2 Å². The SMILES string of the molecule is CCCCCNCCC(=O)Nc1cc(OC)c(Cl)cc1OC.